The molecule has 0 atom stereocenters. The minimum Gasteiger partial charge on any atom is -0.294 e. The molecule has 0 bridgehead atoms. The fourth-order valence-electron chi connectivity index (χ4n) is 2.27. The van der Waals surface area contributed by atoms with Crippen LogP contribution in [0.15, 0.2) is 6.20 Å². The first-order valence-electron chi connectivity index (χ1n) is 6.59. The molecule has 1 aromatic heterocycles. The van der Waals surface area contributed by atoms with E-state index in [2.05, 4.69) is 42.6 Å². The van der Waals surface area contributed by atoms with Gasteiger partial charge in [0.2, 0.25) is 0 Å². The molecule has 17 heavy (non-hydrogen) atoms. The van der Waals surface area contributed by atoms with Crippen molar-refractivity contribution >= 4 is 0 Å². The van der Waals surface area contributed by atoms with Gasteiger partial charge in [-0.15, -0.1) is 0 Å². The van der Waals surface area contributed by atoms with E-state index in [0.29, 0.717) is 0 Å². The van der Waals surface area contributed by atoms with Gasteiger partial charge in [-0.3, -0.25) is 4.90 Å². The highest BCUT2D eigenvalue weighted by molar-refractivity contribution is 5.21. The van der Waals surface area contributed by atoms with Gasteiger partial charge in [-0.1, -0.05) is 6.92 Å². The van der Waals surface area contributed by atoms with Crippen LogP contribution in [0.2, 0.25) is 0 Å². The highest BCUT2D eigenvalue weighted by Crippen LogP contribution is 2.23. The minimum absolute atomic E-state index is 0.236. The molecule has 1 aliphatic rings. The summed E-state index contributed by atoms with van der Waals surface area (Å²) in [5, 5.41) is 0. The van der Waals surface area contributed by atoms with Crippen molar-refractivity contribution in [2.45, 2.75) is 59.0 Å². The molecule has 2 heterocycles. The van der Waals surface area contributed by atoms with Gasteiger partial charge in [-0.25, -0.2) is 9.97 Å². The number of hydrogen-bond acceptors (Lipinski definition) is 3. The zero-order chi connectivity index (χ0) is 12.5. The van der Waals surface area contributed by atoms with Crippen LogP contribution < -0.4 is 0 Å². The summed E-state index contributed by atoms with van der Waals surface area (Å²) in [5.74, 6) is 1.01. The molecule has 94 valence electrons. The molecule has 0 saturated heterocycles. The molecule has 1 aliphatic heterocycles. The molecule has 0 N–H and O–H groups in total. The molecule has 0 unspecified atom stereocenters. The molecular weight excluding hydrogens is 210 g/mol. The maximum Gasteiger partial charge on any atom is 0.128 e. The largest absolute Gasteiger partial charge is 0.294 e. The van der Waals surface area contributed by atoms with Crippen LogP contribution in [-0.2, 0) is 19.4 Å². The number of aromatic nitrogens is 2. The molecule has 0 saturated carbocycles. The summed E-state index contributed by atoms with van der Waals surface area (Å²) in [4.78, 5) is 11.6. The quantitative estimate of drug-likeness (QED) is 0.786. The summed E-state index contributed by atoms with van der Waals surface area (Å²) in [7, 11) is 0. The third kappa shape index (κ3) is 2.83. The van der Waals surface area contributed by atoms with Crippen molar-refractivity contribution in [2.24, 2.45) is 0 Å². The monoisotopic (exact) mass is 233 g/mol. The molecule has 0 radical (unpaired) electrons. The third-order valence-corrected chi connectivity index (χ3v) is 3.41. The van der Waals surface area contributed by atoms with Crippen LogP contribution in [0.5, 0.6) is 0 Å². The summed E-state index contributed by atoms with van der Waals surface area (Å²) in [6.07, 6.45) is 5.21. The fraction of sp³-hybridized carbons (Fsp3) is 0.714. The van der Waals surface area contributed by atoms with Crippen LogP contribution in [0, 0.1) is 0 Å². The summed E-state index contributed by atoms with van der Waals surface area (Å²) in [6, 6.07) is 0. The maximum absolute atomic E-state index is 4.68. The Morgan fingerprint density at radius 3 is 2.76 bits per heavy atom. The molecule has 3 nitrogen and oxygen atoms in total. The van der Waals surface area contributed by atoms with Crippen molar-refractivity contribution in [1.82, 2.24) is 14.9 Å². The van der Waals surface area contributed by atoms with Gasteiger partial charge in [0.25, 0.3) is 0 Å². The fourth-order valence-corrected chi connectivity index (χ4v) is 2.27. The number of nitrogens with zero attached hydrogens (tertiary/aromatic N) is 3. The highest BCUT2D eigenvalue weighted by atomic mass is 15.2. The Balaban J connectivity index is 2.17. The normalized spacial score (nSPS) is 16.9. The van der Waals surface area contributed by atoms with Crippen LogP contribution in [-0.4, -0.2) is 27.0 Å². The van der Waals surface area contributed by atoms with Gasteiger partial charge < -0.3 is 0 Å². The van der Waals surface area contributed by atoms with Gasteiger partial charge >= 0.3 is 0 Å². The van der Waals surface area contributed by atoms with Crippen molar-refractivity contribution in [3.8, 4) is 0 Å². The van der Waals surface area contributed by atoms with Crippen LogP contribution >= 0.6 is 0 Å². The molecular formula is C14H23N3. The number of aryl methyl sites for hydroxylation is 1. The molecule has 0 aliphatic carbocycles. The zero-order valence-corrected chi connectivity index (χ0v) is 11.5. The van der Waals surface area contributed by atoms with Crippen molar-refractivity contribution in [3.63, 3.8) is 0 Å². The van der Waals surface area contributed by atoms with Crippen LogP contribution in [0.4, 0.5) is 0 Å². The van der Waals surface area contributed by atoms with Crippen molar-refractivity contribution in [3.05, 3.63) is 23.3 Å². The molecule has 2 rings (SSSR count). The van der Waals surface area contributed by atoms with E-state index in [1.807, 2.05) is 6.20 Å². The van der Waals surface area contributed by atoms with E-state index < -0.39 is 0 Å². The third-order valence-electron chi connectivity index (χ3n) is 3.41. The maximum atomic E-state index is 4.68. The Kier molecular flexibility index (Phi) is 3.48. The number of fused-ring (bicyclic) bond motifs is 1. The van der Waals surface area contributed by atoms with E-state index in [4.69, 9.17) is 0 Å². The summed E-state index contributed by atoms with van der Waals surface area (Å²) in [6.45, 7) is 11.1. The zero-order valence-electron chi connectivity index (χ0n) is 11.5. The molecule has 1 aromatic rings. The Hall–Kier alpha value is -0.960. The van der Waals surface area contributed by atoms with E-state index >= 15 is 0 Å². The van der Waals surface area contributed by atoms with E-state index in [1.165, 1.54) is 11.3 Å². The Bertz CT molecular complexity index is 393. The topological polar surface area (TPSA) is 29.0 Å². The summed E-state index contributed by atoms with van der Waals surface area (Å²) < 4.78 is 0. The van der Waals surface area contributed by atoms with Gasteiger partial charge in [0.05, 0.1) is 0 Å². The summed E-state index contributed by atoms with van der Waals surface area (Å²) >= 11 is 0. The predicted octanol–water partition coefficient (Wildman–Crippen LogP) is 2.59. The first-order chi connectivity index (χ1) is 8.00. The lowest BCUT2D eigenvalue weighted by Gasteiger charge is -2.38. The molecule has 0 spiro atoms. The van der Waals surface area contributed by atoms with E-state index in [-0.39, 0.29) is 5.54 Å². The van der Waals surface area contributed by atoms with Gasteiger partial charge in [0.15, 0.2) is 0 Å². The van der Waals surface area contributed by atoms with E-state index in [0.717, 1.165) is 38.2 Å². The average Bonchev–Trinajstić information content (AvgIpc) is 2.27. The van der Waals surface area contributed by atoms with Gasteiger partial charge in [-0.05, 0) is 27.2 Å². The van der Waals surface area contributed by atoms with Crippen LogP contribution in [0.1, 0.15) is 51.2 Å². The molecule has 0 aromatic carbocycles. The van der Waals surface area contributed by atoms with E-state index in [1.54, 1.807) is 0 Å². The minimum atomic E-state index is 0.236. The van der Waals surface area contributed by atoms with Gasteiger partial charge in [0, 0.05) is 48.9 Å². The first-order valence-corrected chi connectivity index (χ1v) is 6.59. The van der Waals surface area contributed by atoms with Crippen LogP contribution in [0.25, 0.3) is 0 Å². The Morgan fingerprint density at radius 1 is 1.35 bits per heavy atom. The van der Waals surface area contributed by atoms with Gasteiger partial charge in [-0.2, -0.15) is 0 Å². The number of hydrogen-bond donors (Lipinski definition) is 0. The smallest absolute Gasteiger partial charge is 0.128 e. The lowest BCUT2D eigenvalue weighted by Crippen LogP contribution is -2.44. The predicted molar refractivity (Wildman–Crippen MR) is 69.9 cm³/mol. The Morgan fingerprint density at radius 2 is 2.12 bits per heavy atom. The standard InChI is InChI=1S/C14H23N3/c1-5-6-13-15-9-11-10-17(14(2,3)4)8-7-12(11)16-13/h9H,5-8,10H2,1-4H3. The van der Waals surface area contributed by atoms with Crippen LogP contribution in [0.3, 0.4) is 0 Å². The van der Waals surface area contributed by atoms with Crippen molar-refractivity contribution in [2.75, 3.05) is 6.54 Å². The Labute approximate surface area is 104 Å². The lowest BCUT2D eigenvalue weighted by molar-refractivity contribution is 0.119. The number of rotatable bonds is 2. The molecule has 3 heteroatoms. The van der Waals surface area contributed by atoms with Crippen molar-refractivity contribution in [1.29, 1.82) is 0 Å². The summed E-state index contributed by atoms with van der Waals surface area (Å²) in [5.41, 5.74) is 2.81. The lowest BCUT2D eigenvalue weighted by atomic mass is 9.99. The second-order valence-corrected chi connectivity index (χ2v) is 5.85. The molecule has 0 fully saturated rings. The van der Waals surface area contributed by atoms with Gasteiger partial charge in [0.1, 0.15) is 5.82 Å². The second-order valence-electron chi connectivity index (χ2n) is 5.85. The first kappa shape index (κ1) is 12.5. The second kappa shape index (κ2) is 4.73. The van der Waals surface area contributed by atoms with E-state index in [9.17, 15) is 0 Å². The molecule has 0 amide bonds. The van der Waals surface area contributed by atoms with Crippen molar-refractivity contribution < 1.29 is 0 Å². The average molecular weight is 233 g/mol. The SMILES string of the molecule is CCCc1ncc2c(n1)CCN(C(C)(C)C)C2. The highest BCUT2D eigenvalue weighted by Gasteiger charge is 2.26.